The summed E-state index contributed by atoms with van der Waals surface area (Å²) in [4.78, 5) is 36.3. The van der Waals surface area contributed by atoms with Gasteiger partial charge in [0.15, 0.2) is 0 Å². The van der Waals surface area contributed by atoms with Gasteiger partial charge in [0.05, 0.1) is 15.4 Å². The van der Waals surface area contributed by atoms with Crippen molar-refractivity contribution in [2.45, 2.75) is 20.8 Å². The first-order valence-corrected chi connectivity index (χ1v) is 10.0. The summed E-state index contributed by atoms with van der Waals surface area (Å²) < 4.78 is 0. The predicted octanol–water partition coefficient (Wildman–Crippen LogP) is 4.96. The van der Waals surface area contributed by atoms with Crippen molar-refractivity contribution in [3.8, 4) is 6.07 Å². The fourth-order valence-corrected chi connectivity index (χ4v) is 4.02. The van der Waals surface area contributed by atoms with Crippen molar-refractivity contribution in [2.24, 2.45) is 0 Å². The van der Waals surface area contributed by atoms with Gasteiger partial charge in [-0.05, 0) is 44.0 Å². The lowest BCUT2D eigenvalue weighted by Gasteiger charge is -2.07. The molecule has 0 fully saturated rings. The highest BCUT2D eigenvalue weighted by molar-refractivity contribution is 7.18. The van der Waals surface area contributed by atoms with Crippen molar-refractivity contribution in [1.29, 1.82) is 5.26 Å². The second kappa shape index (κ2) is 8.77. The number of amides is 2. The molecule has 156 valence electrons. The quantitative estimate of drug-likeness (QED) is 0.434. The molecule has 0 atom stereocenters. The van der Waals surface area contributed by atoms with Gasteiger partial charge >= 0.3 is 0 Å². The number of rotatable bonds is 5. The van der Waals surface area contributed by atoms with Crippen LogP contribution in [0.15, 0.2) is 42.5 Å². The van der Waals surface area contributed by atoms with E-state index >= 15 is 0 Å². The third-order valence-corrected chi connectivity index (χ3v) is 5.96. The molecule has 31 heavy (non-hydrogen) atoms. The van der Waals surface area contributed by atoms with E-state index in [0.29, 0.717) is 21.7 Å². The van der Waals surface area contributed by atoms with Crippen LogP contribution in [0.2, 0.25) is 0 Å². The van der Waals surface area contributed by atoms with Crippen LogP contribution in [0.4, 0.5) is 16.4 Å². The first-order valence-electron chi connectivity index (χ1n) is 9.19. The van der Waals surface area contributed by atoms with E-state index in [1.54, 1.807) is 26.0 Å². The summed E-state index contributed by atoms with van der Waals surface area (Å²) in [6, 6.07) is 13.5. The molecule has 0 unspecified atom stereocenters. The number of nitro benzene ring substituents is 1. The predicted molar refractivity (Wildman–Crippen MR) is 119 cm³/mol. The Morgan fingerprint density at radius 2 is 1.74 bits per heavy atom. The van der Waals surface area contributed by atoms with Gasteiger partial charge in [-0.25, -0.2) is 0 Å². The van der Waals surface area contributed by atoms with Gasteiger partial charge in [-0.3, -0.25) is 19.7 Å². The van der Waals surface area contributed by atoms with Crippen LogP contribution in [0, 0.1) is 42.2 Å². The zero-order valence-corrected chi connectivity index (χ0v) is 17.8. The number of nitriles is 1. The molecular weight excluding hydrogens is 416 g/mol. The van der Waals surface area contributed by atoms with Gasteiger partial charge in [-0.15, -0.1) is 11.3 Å². The Morgan fingerprint density at radius 1 is 1.03 bits per heavy atom. The van der Waals surface area contributed by atoms with Crippen LogP contribution < -0.4 is 10.6 Å². The Bertz CT molecular complexity index is 1260. The second-order valence-corrected chi connectivity index (χ2v) is 7.87. The zero-order chi connectivity index (χ0) is 22.7. The number of hydrogen-bond acceptors (Lipinski definition) is 6. The third kappa shape index (κ3) is 4.44. The molecule has 1 aromatic heterocycles. The van der Waals surface area contributed by atoms with E-state index < -0.39 is 10.8 Å². The Balaban J connectivity index is 1.89. The number of para-hydroxylation sites is 1. The number of benzene rings is 2. The molecule has 3 aromatic rings. The maximum Gasteiger partial charge on any atom is 0.273 e. The van der Waals surface area contributed by atoms with E-state index in [4.69, 9.17) is 0 Å². The van der Waals surface area contributed by atoms with Gasteiger partial charge in [-0.2, -0.15) is 5.26 Å². The number of thiophene rings is 1. The topological polar surface area (TPSA) is 125 Å². The first kappa shape index (κ1) is 21.7. The van der Waals surface area contributed by atoms with E-state index in [2.05, 4.69) is 10.6 Å². The summed E-state index contributed by atoms with van der Waals surface area (Å²) in [5.74, 6) is -0.994. The maximum atomic E-state index is 12.8. The number of hydrogen-bond donors (Lipinski definition) is 2. The molecule has 0 aliphatic heterocycles. The number of carbonyl (C=O) groups excluding carboxylic acids is 2. The first-order chi connectivity index (χ1) is 14.7. The molecule has 3 rings (SSSR count). The monoisotopic (exact) mass is 434 g/mol. The Hall–Kier alpha value is -4.03. The van der Waals surface area contributed by atoms with Crippen LogP contribution in [-0.4, -0.2) is 16.7 Å². The van der Waals surface area contributed by atoms with Crippen molar-refractivity contribution in [3.05, 3.63) is 85.3 Å². The van der Waals surface area contributed by atoms with E-state index in [0.717, 1.165) is 16.9 Å². The van der Waals surface area contributed by atoms with Crippen LogP contribution in [0.3, 0.4) is 0 Å². The van der Waals surface area contributed by atoms with E-state index in [1.807, 2.05) is 25.1 Å². The van der Waals surface area contributed by atoms with Crippen molar-refractivity contribution in [3.63, 3.8) is 0 Å². The van der Waals surface area contributed by atoms with E-state index in [-0.39, 0.29) is 27.7 Å². The molecule has 2 amide bonds. The molecule has 0 aliphatic carbocycles. The van der Waals surface area contributed by atoms with Crippen LogP contribution in [0.1, 0.15) is 42.3 Å². The lowest BCUT2D eigenvalue weighted by molar-refractivity contribution is -0.385. The number of carbonyl (C=O) groups is 2. The van der Waals surface area contributed by atoms with E-state index in [1.165, 1.54) is 18.2 Å². The van der Waals surface area contributed by atoms with Crippen molar-refractivity contribution < 1.29 is 14.5 Å². The average Bonchev–Trinajstić information content (AvgIpc) is 3.04. The average molecular weight is 434 g/mol. The number of nitro groups is 1. The van der Waals surface area contributed by atoms with Gasteiger partial charge < -0.3 is 10.6 Å². The van der Waals surface area contributed by atoms with Crippen LogP contribution in [0.5, 0.6) is 0 Å². The summed E-state index contributed by atoms with van der Waals surface area (Å²) in [6.07, 6.45) is 0. The zero-order valence-electron chi connectivity index (χ0n) is 17.0. The van der Waals surface area contributed by atoms with Crippen molar-refractivity contribution in [1.82, 2.24) is 0 Å². The molecule has 0 saturated heterocycles. The third-order valence-electron chi connectivity index (χ3n) is 4.75. The van der Waals surface area contributed by atoms with E-state index in [9.17, 15) is 25.0 Å². The Morgan fingerprint density at radius 3 is 2.39 bits per heavy atom. The summed E-state index contributed by atoms with van der Waals surface area (Å²) >= 11 is 0.980. The minimum atomic E-state index is -0.605. The number of nitrogens with zero attached hydrogens (tertiary/aromatic N) is 2. The van der Waals surface area contributed by atoms with Crippen molar-refractivity contribution in [2.75, 3.05) is 10.6 Å². The minimum absolute atomic E-state index is 0.0816. The minimum Gasteiger partial charge on any atom is -0.321 e. The molecule has 0 radical (unpaired) electrons. The molecule has 9 heteroatoms. The maximum absolute atomic E-state index is 12.8. The van der Waals surface area contributed by atoms with Crippen LogP contribution in [-0.2, 0) is 0 Å². The van der Waals surface area contributed by atoms with Crippen molar-refractivity contribution >= 4 is 39.5 Å². The summed E-state index contributed by atoms with van der Waals surface area (Å²) in [5.41, 5.74) is 2.50. The van der Waals surface area contributed by atoms with Gasteiger partial charge in [0.25, 0.3) is 17.5 Å². The summed E-state index contributed by atoms with van der Waals surface area (Å²) in [7, 11) is 0. The highest BCUT2D eigenvalue weighted by atomic mass is 32.1. The molecular formula is C22H18N4O4S. The molecule has 2 N–H and O–H groups in total. The van der Waals surface area contributed by atoms with Crippen LogP contribution >= 0.6 is 11.3 Å². The number of aryl methyl sites for hydroxylation is 2. The van der Waals surface area contributed by atoms with Gasteiger partial charge in [0.1, 0.15) is 11.1 Å². The van der Waals surface area contributed by atoms with Gasteiger partial charge in [0, 0.05) is 22.9 Å². The molecule has 0 aliphatic rings. The SMILES string of the molecule is Cc1ccccc1NC(=O)c1sc(NC(=O)c2ccc(C)c([N+](=O)[O-])c2)c(C#N)c1C. The Labute approximate surface area is 182 Å². The normalized spacial score (nSPS) is 10.3. The standard InChI is InChI=1S/C22H18N4O4S/c1-12-6-4-5-7-17(12)24-21(28)19-14(3)16(11-23)22(31-19)25-20(27)15-9-8-13(2)18(10-15)26(29)30/h4-10H,1-3H3,(H,24,28)(H,25,27). The molecule has 0 bridgehead atoms. The fraction of sp³-hybridized carbons (Fsp3) is 0.136. The summed E-state index contributed by atoms with van der Waals surface area (Å²) in [6.45, 7) is 5.08. The lowest BCUT2D eigenvalue weighted by atomic mass is 10.1. The lowest BCUT2D eigenvalue weighted by Crippen LogP contribution is -2.12. The highest BCUT2D eigenvalue weighted by Crippen LogP contribution is 2.34. The molecule has 0 spiro atoms. The molecule has 0 saturated carbocycles. The van der Waals surface area contributed by atoms with Gasteiger partial charge in [0.2, 0.25) is 0 Å². The highest BCUT2D eigenvalue weighted by Gasteiger charge is 2.23. The smallest absolute Gasteiger partial charge is 0.273 e. The molecule has 1 heterocycles. The number of anilines is 2. The van der Waals surface area contributed by atoms with Gasteiger partial charge in [-0.1, -0.05) is 24.3 Å². The summed E-state index contributed by atoms with van der Waals surface area (Å²) in [5, 5.41) is 26.3. The molecule has 2 aromatic carbocycles. The Kier molecular flexibility index (Phi) is 6.13. The largest absolute Gasteiger partial charge is 0.321 e. The molecule has 8 nitrogen and oxygen atoms in total. The fourth-order valence-electron chi connectivity index (χ4n) is 2.97. The van der Waals surface area contributed by atoms with Crippen LogP contribution in [0.25, 0.3) is 0 Å². The second-order valence-electron chi connectivity index (χ2n) is 6.85. The number of nitrogens with one attached hydrogen (secondary N) is 2.